The summed E-state index contributed by atoms with van der Waals surface area (Å²) in [6.07, 6.45) is 0. The molecule has 212 valence electrons. The fourth-order valence-corrected chi connectivity index (χ4v) is 8.30. The summed E-state index contributed by atoms with van der Waals surface area (Å²) in [7, 11) is 0. The van der Waals surface area contributed by atoms with Crippen LogP contribution in [0.1, 0.15) is 22.3 Å². The molecule has 4 nitrogen and oxygen atoms in total. The highest BCUT2D eigenvalue weighted by Gasteiger charge is 2.82. The summed E-state index contributed by atoms with van der Waals surface area (Å²) in [5, 5.41) is 0.504. The number of fused-ring (bicyclic) bond motifs is 5. The molecule has 5 aromatic rings. The van der Waals surface area contributed by atoms with Gasteiger partial charge in [0.05, 0.1) is 28.4 Å². The molecular weight excluding hydrogens is 566 g/mol. The Balaban J connectivity index is 1.55. The van der Waals surface area contributed by atoms with E-state index in [9.17, 15) is 9.59 Å². The number of nitrogens with zero attached hydrogens (tertiary/aromatic N) is 1. The van der Waals surface area contributed by atoms with Crippen molar-refractivity contribution in [3.05, 3.63) is 173 Å². The minimum atomic E-state index is -1.41. The van der Waals surface area contributed by atoms with Crippen LogP contribution in [0.3, 0.4) is 0 Å². The first-order valence-electron chi connectivity index (χ1n) is 14.7. The number of amides is 2. The maximum Gasteiger partial charge on any atom is 0.239 e. The first kappa shape index (κ1) is 26.6. The Morgan fingerprint density at radius 1 is 0.477 bits per heavy atom. The molecular formula is C39H26ClNO3. The SMILES string of the molecule is O=C1[C@@H]2[C@@H](C(=O)N1c1ccc(Cl)cc1)[C@@]1(c3ccccc3)C(=O)[C@@]2(c2ccccc2)C(c2ccccc2)=C1c1ccccc1. The number of halogens is 1. The lowest BCUT2D eigenvalue weighted by atomic mass is 9.59. The number of benzene rings is 5. The molecule has 8 rings (SSSR count). The second-order valence-corrected chi connectivity index (χ2v) is 12.0. The van der Waals surface area contributed by atoms with Gasteiger partial charge in [-0.15, -0.1) is 0 Å². The second kappa shape index (κ2) is 9.73. The number of rotatable bonds is 5. The van der Waals surface area contributed by atoms with E-state index in [1.807, 2.05) is 121 Å². The lowest BCUT2D eigenvalue weighted by molar-refractivity contribution is -0.130. The summed E-state index contributed by atoms with van der Waals surface area (Å²) in [5.74, 6) is -2.80. The molecule has 1 saturated heterocycles. The third kappa shape index (κ3) is 3.26. The van der Waals surface area contributed by atoms with Gasteiger partial charge in [0.1, 0.15) is 0 Å². The zero-order valence-electron chi connectivity index (χ0n) is 23.6. The smallest absolute Gasteiger partial charge is 0.239 e. The largest absolute Gasteiger partial charge is 0.297 e. The van der Waals surface area contributed by atoms with Gasteiger partial charge in [0.25, 0.3) is 0 Å². The summed E-state index contributed by atoms with van der Waals surface area (Å²) in [6.45, 7) is 0. The Kier molecular flexibility index (Phi) is 5.87. The summed E-state index contributed by atoms with van der Waals surface area (Å²) < 4.78 is 0. The number of carbonyl (C=O) groups excluding carboxylic acids is 3. The van der Waals surface area contributed by atoms with Crippen molar-refractivity contribution < 1.29 is 14.4 Å². The van der Waals surface area contributed by atoms with E-state index >= 15 is 4.79 Å². The molecule has 2 amide bonds. The number of allylic oxidation sites excluding steroid dienone is 2. The highest BCUT2D eigenvalue weighted by Crippen LogP contribution is 2.74. The van der Waals surface area contributed by atoms with Crippen LogP contribution >= 0.6 is 11.6 Å². The average molecular weight is 592 g/mol. The number of carbonyl (C=O) groups is 3. The molecule has 3 aliphatic rings. The molecule has 4 atom stereocenters. The van der Waals surface area contributed by atoms with Gasteiger partial charge in [-0.05, 0) is 57.7 Å². The summed E-state index contributed by atoms with van der Waals surface area (Å²) in [4.78, 5) is 46.8. The van der Waals surface area contributed by atoms with E-state index in [0.29, 0.717) is 21.8 Å². The van der Waals surface area contributed by atoms with Crippen LogP contribution in [-0.2, 0) is 25.2 Å². The van der Waals surface area contributed by atoms with E-state index in [0.717, 1.165) is 22.3 Å². The van der Waals surface area contributed by atoms with Crippen molar-refractivity contribution in [3.8, 4) is 0 Å². The third-order valence-electron chi connectivity index (χ3n) is 9.66. The van der Waals surface area contributed by atoms with Crippen molar-refractivity contribution in [3.63, 3.8) is 0 Å². The summed E-state index contributed by atoms with van der Waals surface area (Å²) in [6, 6.07) is 45.6. The van der Waals surface area contributed by atoms with Gasteiger partial charge in [0.15, 0.2) is 5.78 Å². The van der Waals surface area contributed by atoms with Crippen LogP contribution < -0.4 is 4.90 Å². The fraction of sp³-hybridized carbons (Fsp3) is 0.103. The van der Waals surface area contributed by atoms with Gasteiger partial charge in [-0.3, -0.25) is 14.4 Å². The van der Waals surface area contributed by atoms with Gasteiger partial charge >= 0.3 is 0 Å². The van der Waals surface area contributed by atoms with Gasteiger partial charge in [0.2, 0.25) is 11.8 Å². The molecule has 5 aromatic carbocycles. The van der Waals surface area contributed by atoms with Crippen LogP contribution in [-0.4, -0.2) is 17.6 Å². The van der Waals surface area contributed by atoms with E-state index in [2.05, 4.69) is 0 Å². The molecule has 1 aliphatic heterocycles. The molecule has 0 N–H and O–H groups in total. The molecule has 0 aromatic heterocycles. The topological polar surface area (TPSA) is 54.5 Å². The van der Waals surface area contributed by atoms with Crippen molar-refractivity contribution in [2.75, 3.05) is 4.90 Å². The van der Waals surface area contributed by atoms with Gasteiger partial charge in [-0.2, -0.15) is 0 Å². The summed E-state index contributed by atoms with van der Waals surface area (Å²) in [5.41, 5.74) is 2.30. The Labute approximate surface area is 260 Å². The minimum absolute atomic E-state index is 0.132. The minimum Gasteiger partial charge on any atom is -0.297 e. The average Bonchev–Trinajstić information content (AvgIpc) is 3.59. The normalized spacial score (nSPS) is 25.6. The standard InChI is InChI=1S/C39H26ClNO3/c40-29-21-23-30(24-22-29)41-35(42)33-34(36(41)43)39(28-19-11-4-12-20-28)32(26-15-7-2-8-16-26)31(25-13-5-1-6-14-25)38(33,37(39)44)27-17-9-3-10-18-27/h1-24,33-34H/t33-,34-,38-,39-/m0/s1. The maximum atomic E-state index is 15.8. The highest BCUT2D eigenvalue weighted by atomic mass is 35.5. The van der Waals surface area contributed by atoms with Crippen LogP contribution in [0.5, 0.6) is 0 Å². The van der Waals surface area contributed by atoms with E-state index in [4.69, 9.17) is 11.6 Å². The molecule has 5 heteroatoms. The maximum absolute atomic E-state index is 15.8. The second-order valence-electron chi connectivity index (χ2n) is 11.6. The van der Waals surface area contributed by atoms with Crippen LogP contribution in [0.15, 0.2) is 146 Å². The zero-order valence-corrected chi connectivity index (χ0v) is 24.3. The quantitative estimate of drug-likeness (QED) is 0.199. The van der Waals surface area contributed by atoms with E-state index < -0.39 is 22.7 Å². The van der Waals surface area contributed by atoms with Gasteiger partial charge in [-0.25, -0.2) is 4.90 Å². The molecule has 1 saturated carbocycles. The number of hydrogen-bond donors (Lipinski definition) is 0. The summed E-state index contributed by atoms with van der Waals surface area (Å²) >= 11 is 6.20. The van der Waals surface area contributed by atoms with Gasteiger partial charge in [0, 0.05) is 5.02 Å². The van der Waals surface area contributed by atoms with E-state index in [1.54, 1.807) is 24.3 Å². The third-order valence-corrected chi connectivity index (χ3v) is 9.91. The number of imide groups is 1. The van der Waals surface area contributed by atoms with Gasteiger partial charge in [-0.1, -0.05) is 133 Å². The van der Waals surface area contributed by atoms with Crippen molar-refractivity contribution in [1.29, 1.82) is 0 Å². The predicted octanol–water partition coefficient (Wildman–Crippen LogP) is 7.53. The first-order chi connectivity index (χ1) is 21.5. The lowest BCUT2D eigenvalue weighted by Crippen LogP contribution is -2.45. The Morgan fingerprint density at radius 3 is 1.23 bits per heavy atom. The van der Waals surface area contributed by atoms with Crippen molar-refractivity contribution in [2.45, 2.75) is 10.8 Å². The Morgan fingerprint density at radius 2 is 0.841 bits per heavy atom. The van der Waals surface area contributed by atoms with Crippen LogP contribution in [0.2, 0.25) is 5.02 Å². The van der Waals surface area contributed by atoms with Crippen molar-refractivity contribution >= 4 is 46.0 Å². The van der Waals surface area contributed by atoms with E-state index in [1.165, 1.54) is 4.90 Å². The fourth-order valence-electron chi connectivity index (χ4n) is 8.18. The Hall–Kier alpha value is -5.06. The lowest BCUT2D eigenvalue weighted by Gasteiger charge is -2.39. The first-order valence-corrected chi connectivity index (χ1v) is 15.1. The number of hydrogen-bond acceptors (Lipinski definition) is 3. The number of anilines is 1. The van der Waals surface area contributed by atoms with Crippen LogP contribution in [0.25, 0.3) is 11.1 Å². The number of Topliss-reactive ketones (excluding diaryl/α,β-unsaturated/α-hetero) is 1. The van der Waals surface area contributed by atoms with Gasteiger partial charge < -0.3 is 0 Å². The van der Waals surface area contributed by atoms with E-state index in [-0.39, 0.29) is 17.6 Å². The predicted molar refractivity (Wildman–Crippen MR) is 172 cm³/mol. The molecule has 2 fully saturated rings. The van der Waals surface area contributed by atoms with Crippen molar-refractivity contribution in [2.24, 2.45) is 11.8 Å². The highest BCUT2D eigenvalue weighted by molar-refractivity contribution is 6.39. The molecule has 0 radical (unpaired) electrons. The zero-order chi connectivity index (χ0) is 30.1. The molecule has 0 unspecified atom stereocenters. The molecule has 44 heavy (non-hydrogen) atoms. The molecule has 2 bridgehead atoms. The molecule has 2 aliphatic carbocycles. The molecule has 0 spiro atoms. The monoisotopic (exact) mass is 591 g/mol. The van der Waals surface area contributed by atoms with Crippen LogP contribution in [0.4, 0.5) is 5.69 Å². The van der Waals surface area contributed by atoms with Crippen molar-refractivity contribution in [1.82, 2.24) is 0 Å². The van der Waals surface area contributed by atoms with Crippen LogP contribution in [0, 0.1) is 11.8 Å². The molecule has 1 heterocycles. The number of ketones is 1. The Bertz CT molecular complexity index is 1850.